The van der Waals surface area contributed by atoms with Crippen LogP contribution in [0.2, 0.25) is 0 Å². The number of carbonyl (C=O) groups excluding carboxylic acids is 1. The molecule has 5 rings (SSSR count). The van der Waals surface area contributed by atoms with E-state index in [9.17, 15) is 13.6 Å². The Labute approximate surface area is 232 Å². The lowest BCUT2D eigenvalue weighted by atomic mass is 10.0. The van der Waals surface area contributed by atoms with Crippen molar-refractivity contribution in [3.05, 3.63) is 144 Å². The highest BCUT2D eigenvalue weighted by atomic mass is 19.1. The number of ether oxygens (including phenoxy) is 2. The number of benzene rings is 5. The Morgan fingerprint density at radius 2 is 0.925 bits per heavy atom. The lowest BCUT2D eigenvalue weighted by Crippen LogP contribution is -2.38. The first kappa shape index (κ1) is 28.0. The second-order valence-electron chi connectivity index (χ2n) is 9.06. The number of primary amides is 1. The summed E-state index contributed by atoms with van der Waals surface area (Å²) in [5.41, 5.74) is 11.0. The van der Waals surface area contributed by atoms with Gasteiger partial charge in [0.05, 0.1) is 0 Å². The van der Waals surface area contributed by atoms with Crippen LogP contribution in [-0.4, -0.2) is 12.2 Å². The van der Waals surface area contributed by atoms with Gasteiger partial charge in [0.1, 0.15) is 23.1 Å². The van der Waals surface area contributed by atoms with E-state index in [0.717, 1.165) is 0 Å². The second kappa shape index (κ2) is 13.2. The van der Waals surface area contributed by atoms with Crippen LogP contribution in [0.4, 0.5) is 8.78 Å². The minimum Gasteiger partial charge on any atom is -0.446 e. The van der Waals surface area contributed by atoms with Crippen LogP contribution in [0.15, 0.2) is 121 Å². The van der Waals surface area contributed by atoms with Crippen LogP contribution in [0, 0.1) is 25.5 Å². The molecule has 0 aliphatic rings. The van der Waals surface area contributed by atoms with E-state index < -0.39 is 12.2 Å². The molecule has 0 unspecified atom stereocenters. The molecule has 2 N–H and O–H groups in total. The molecule has 4 nitrogen and oxygen atoms in total. The van der Waals surface area contributed by atoms with Crippen molar-refractivity contribution < 1.29 is 23.0 Å². The van der Waals surface area contributed by atoms with Gasteiger partial charge < -0.3 is 15.2 Å². The quantitative estimate of drug-likeness (QED) is 0.215. The summed E-state index contributed by atoms with van der Waals surface area (Å²) in [6, 6.07) is 34.2. The molecule has 1 amide bonds. The Morgan fingerprint density at radius 3 is 1.27 bits per heavy atom. The molecule has 5 aromatic carbocycles. The van der Waals surface area contributed by atoms with Crippen LogP contribution in [0.5, 0.6) is 11.5 Å². The number of amides is 1. The molecule has 0 spiro atoms. The Bertz CT molecular complexity index is 1460. The predicted molar refractivity (Wildman–Crippen MR) is 154 cm³/mol. The molecule has 0 atom stereocenters. The van der Waals surface area contributed by atoms with Gasteiger partial charge in [-0.2, -0.15) is 0 Å². The van der Waals surface area contributed by atoms with Gasteiger partial charge in [0.25, 0.3) is 5.91 Å². The van der Waals surface area contributed by atoms with Gasteiger partial charge in [-0.25, -0.2) is 8.78 Å². The largest absolute Gasteiger partial charge is 0.446 e. The van der Waals surface area contributed by atoms with Gasteiger partial charge >= 0.3 is 6.29 Å². The summed E-state index contributed by atoms with van der Waals surface area (Å²) in [5, 5.41) is 0. The van der Waals surface area contributed by atoms with E-state index in [0.29, 0.717) is 33.8 Å². The van der Waals surface area contributed by atoms with E-state index >= 15 is 0 Å². The Hall–Kier alpha value is -4.97. The maximum atomic E-state index is 13.3. The van der Waals surface area contributed by atoms with Gasteiger partial charge in [-0.05, 0) is 72.5 Å². The monoisotopic (exact) mass is 537 g/mol. The molecular formula is C34H29F2NO3. The summed E-state index contributed by atoms with van der Waals surface area (Å²) in [6.45, 7) is 4.24. The van der Waals surface area contributed by atoms with Crippen molar-refractivity contribution in [2.24, 2.45) is 5.73 Å². The fourth-order valence-corrected chi connectivity index (χ4v) is 3.91. The molecule has 0 radical (unpaired) electrons. The maximum absolute atomic E-state index is 13.3. The van der Waals surface area contributed by atoms with Crippen LogP contribution < -0.4 is 15.2 Å². The van der Waals surface area contributed by atoms with E-state index in [1.807, 2.05) is 0 Å². The van der Waals surface area contributed by atoms with Crippen molar-refractivity contribution in [3.63, 3.8) is 0 Å². The number of hydrogen-bond acceptors (Lipinski definition) is 3. The number of para-hydroxylation sites is 2. The van der Waals surface area contributed by atoms with Crippen molar-refractivity contribution in [2.75, 3.05) is 0 Å². The minimum absolute atomic E-state index is 0.349. The number of halogens is 2. The Balaban J connectivity index is 0.000000398. The molecular weight excluding hydrogens is 508 g/mol. The van der Waals surface area contributed by atoms with E-state index in [-0.39, 0.29) is 11.6 Å². The summed E-state index contributed by atoms with van der Waals surface area (Å²) >= 11 is 0. The maximum Gasteiger partial charge on any atom is 0.321 e. The molecule has 0 aliphatic carbocycles. The fourth-order valence-electron chi connectivity index (χ4n) is 3.91. The average molecular weight is 538 g/mol. The van der Waals surface area contributed by atoms with Gasteiger partial charge in [0.2, 0.25) is 0 Å². The Morgan fingerprint density at radius 1 is 0.575 bits per heavy atom. The van der Waals surface area contributed by atoms with E-state index in [1.165, 1.54) is 35.4 Å². The molecule has 202 valence electrons. The molecule has 0 heterocycles. The van der Waals surface area contributed by atoms with Crippen LogP contribution in [-0.2, 0) is 4.79 Å². The lowest BCUT2D eigenvalue weighted by Gasteiger charge is -2.21. The molecule has 6 heteroatoms. The first-order valence-electron chi connectivity index (χ1n) is 12.7. The molecule has 5 aromatic rings. The third-order valence-electron chi connectivity index (χ3n) is 6.21. The summed E-state index contributed by atoms with van der Waals surface area (Å²) in [6.07, 6.45) is -1.43. The smallest absolute Gasteiger partial charge is 0.321 e. The van der Waals surface area contributed by atoms with Gasteiger partial charge in [0.15, 0.2) is 0 Å². The molecule has 0 aliphatic heterocycles. The van der Waals surface area contributed by atoms with Crippen molar-refractivity contribution in [1.29, 1.82) is 0 Å². The van der Waals surface area contributed by atoms with Crippen LogP contribution in [0.3, 0.4) is 0 Å². The zero-order chi connectivity index (χ0) is 28.5. The SMILES string of the molecule is Cc1ccccc1C.NC(=O)C(Oc1ccccc1-c1ccc(F)cc1)Oc1ccccc1-c1ccc(F)cc1. The van der Waals surface area contributed by atoms with Gasteiger partial charge in [0, 0.05) is 11.1 Å². The number of aryl methyl sites for hydroxylation is 2. The topological polar surface area (TPSA) is 61.6 Å². The molecule has 0 saturated carbocycles. The van der Waals surface area contributed by atoms with Crippen LogP contribution in [0.1, 0.15) is 11.1 Å². The van der Waals surface area contributed by atoms with Crippen molar-refractivity contribution in [3.8, 4) is 33.8 Å². The molecule has 0 fully saturated rings. The van der Waals surface area contributed by atoms with Crippen molar-refractivity contribution >= 4 is 5.91 Å². The van der Waals surface area contributed by atoms with Crippen molar-refractivity contribution in [1.82, 2.24) is 0 Å². The predicted octanol–water partition coefficient (Wildman–Crippen LogP) is 7.87. The second-order valence-corrected chi connectivity index (χ2v) is 9.06. The zero-order valence-electron chi connectivity index (χ0n) is 22.2. The van der Waals surface area contributed by atoms with Gasteiger partial charge in [-0.1, -0.05) is 84.9 Å². The minimum atomic E-state index is -1.43. The molecule has 0 saturated heterocycles. The highest BCUT2D eigenvalue weighted by Gasteiger charge is 2.23. The Kier molecular flexibility index (Phi) is 9.26. The summed E-state index contributed by atoms with van der Waals surface area (Å²) in [4.78, 5) is 12.2. The summed E-state index contributed by atoms with van der Waals surface area (Å²) < 4.78 is 38.4. The van der Waals surface area contributed by atoms with E-state index in [2.05, 4.69) is 38.1 Å². The number of rotatable bonds is 7. The standard InChI is InChI=1S/C26H19F2NO3.C8H10/c27-19-13-9-17(10-14-19)21-5-1-3-7-23(21)31-26(25(29)30)32-24-8-4-2-6-22(24)18-11-15-20(28)16-12-18;1-7-5-3-4-6-8(7)2/h1-16,26H,(H2,29,30);3-6H,1-2H3. The number of hydrogen-bond donors (Lipinski definition) is 1. The zero-order valence-corrected chi connectivity index (χ0v) is 22.2. The van der Waals surface area contributed by atoms with Crippen LogP contribution in [0.25, 0.3) is 22.3 Å². The van der Waals surface area contributed by atoms with Crippen LogP contribution >= 0.6 is 0 Å². The van der Waals surface area contributed by atoms with E-state index in [1.54, 1.807) is 72.8 Å². The van der Waals surface area contributed by atoms with Crippen molar-refractivity contribution in [2.45, 2.75) is 20.1 Å². The fraction of sp³-hybridized carbons (Fsp3) is 0.0882. The highest BCUT2D eigenvalue weighted by Crippen LogP contribution is 2.33. The third kappa shape index (κ3) is 7.32. The molecule has 40 heavy (non-hydrogen) atoms. The lowest BCUT2D eigenvalue weighted by molar-refractivity contribution is -0.136. The average Bonchev–Trinajstić information content (AvgIpc) is 2.96. The van der Waals surface area contributed by atoms with E-state index in [4.69, 9.17) is 15.2 Å². The normalized spacial score (nSPS) is 10.4. The number of carbonyl (C=O) groups is 1. The van der Waals surface area contributed by atoms with Gasteiger partial charge in [-0.3, -0.25) is 4.79 Å². The first-order chi connectivity index (χ1) is 19.3. The summed E-state index contributed by atoms with van der Waals surface area (Å²) in [7, 11) is 0. The first-order valence-corrected chi connectivity index (χ1v) is 12.7. The third-order valence-corrected chi connectivity index (χ3v) is 6.21. The molecule has 0 bridgehead atoms. The molecule has 0 aromatic heterocycles. The van der Waals surface area contributed by atoms with Gasteiger partial charge in [-0.15, -0.1) is 0 Å². The highest BCUT2D eigenvalue weighted by molar-refractivity contribution is 5.80. The number of nitrogens with two attached hydrogens (primary N) is 1. The summed E-state index contributed by atoms with van der Waals surface area (Å²) in [5.74, 6) is -0.844.